The van der Waals surface area contributed by atoms with Gasteiger partial charge in [-0.3, -0.25) is 9.59 Å². The van der Waals surface area contributed by atoms with Gasteiger partial charge in [0.25, 0.3) is 0 Å². The van der Waals surface area contributed by atoms with E-state index < -0.39 is 24.0 Å². The topological polar surface area (TPSA) is 147 Å². The first kappa shape index (κ1) is 17.5. The first-order valence-corrected chi connectivity index (χ1v) is 6.07. The fraction of sp³-hybridized carbons (Fsp3) is 0.667. The van der Waals surface area contributed by atoms with Gasteiger partial charge in [0, 0.05) is 12.8 Å². The molecule has 2 atom stereocenters. The van der Waals surface area contributed by atoms with Crippen molar-refractivity contribution in [2.24, 2.45) is 10.2 Å². The van der Waals surface area contributed by atoms with Crippen molar-refractivity contribution in [3.63, 3.8) is 0 Å². The number of nitrogens with zero attached hydrogens (tertiary/aromatic N) is 4. The van der Waals surface area contributed by atoms with E-state index in [-0.39, 0.29) is 38.5 Å². The van der Waals surface area contributed by atoms with E-state index in [0.717, 1.165) is 0 Å². The van der Waals surface area contributed by atoms with Crippen LogP contribution in [0, 0.1) is 22.7 Å². The number of rotatable bonds is 10. The highest BCUT2D eigenvalue weighted by Crippen LogP contribution is 2.12. The van der Waals surface area contributed by atoms with E-state index in [4.69, 9.17) is 20.7 Å². The SMILES string of the molecule is N#CCC(CCC(=O)O)N=NC(CC#N)CCC(=O)O. The Hall–Kier alpha value is -2.48. The highest BCUT2D eigenvalue weighted by molar-refractivity contribution is 5.67. The molecule has 0 fully saturated rings. The summed E-state index contributed by atoms with van der Waals surface area (Å²) in [5.41, 5.74) is 0. The monoisotopic (exact) mass is 280 g/mol. The van der Waals surface area contributed by atoms with E-state index in [0.29, 0.717) is 0 Å². The van der Waals surface area contributed by atoms with Crippen molar-refractivity contribution in [3.8, 4) is 12.1 Å². The lowest BCUT2D eigenvalue weighted by molar-refractivity contribution is -0.138. The lowest BCUT2D eigenvalue weighted by Crippen LogP contribution is -2.10. The van der Waals surface area contributed by atoms with Gasteiger partial charge in [-0.1, -0.05) is 0 Å². The predicted molar refractivity (Wildman–Crippen MR) is 66.6 cm³/mol. The molecular formula is C12H16N4O4. The number of carboxylic acids is 2. The number of carboxylic acid groups (broad SMARTS) is 2. The lowest BCUT2D eigenvalue weighted by atomic mass is 10.1. The molecule has 8 heteroatoms. The summed E-state index contributed by atoms with van der Waals surface area (Å²) in [5, 5.41) is 42.1. The van der Waals surface area contributed by atoms with E-state index in [2.05, 4.69) is 10.2 Å². The molecule has 20 heavy (non-hydrogen) atoms. The molecule has 0 aliphatic rings. The summed E-state index contributed by atoms with van der Waals surface area (Å²) in [5.74, 6) is -1.97. The normalized spacial score (nSPS) is 13.3. The molecule has 0 aromatic carbocycles. The van der Waals surface area contributed by atoms with Crippen LogP contribution in [0.4, 0.5) is 0 Å². The Balaban J connectivity index is 4.51. The molecule has 0 aromatic rings. The Labute approximate surface area is 116 Å². The molecule has 0 bridgehead atoms. The zero-order valence-electron chi connectivity index (χ0n) is 10.9. The third-order valence-corrected chi connectivity index (χ3v) is 2.43. The third-order valence-electron chi connectivity index (χ3n) is 2.43. The standard InChI is InChI=1S/C12H16N4O4/c13-7-5-9(1-3-11(17)18)15-16-10(6-8-14)2-4-12(19)20/h9-10H,1-6H2,(H,17,18)(H,19,20). The number of nitriles is 2. The fourth-order valence-electron chi connectivity index (χ4n) is 1.38. The van der Waals surface area contributed by atoms with Crippen molar-refractivity contribution < 1.29 is 19.8 Å². The molecule has 0 saturated heterocycles. The van der Waals surface area contributed by atoms with Gasteiger partial charge in [-0.15, -0.1) is 0 Å². The van der Waals surface area contributed by atoms with Crippen LogP contribution in [0.1, 0.15) is 38.5 Å². The molecule has 2 unspecified atom stereocenters. The highest BCUT2D eigenvalue weighted by Gasteiger charge is 2.13. The number of azo groups is 1. The van der Waals surface area contributed by atoms with Gasteiger partial charge in [0.05, 0.1) is 37.1 Å². The molecule has 0 aliphatic carbocycles. The minimum atomic E-state index is -0.984. The van der Waals surface area contributed by atoms with E-state index in [9.17, 15) is 9.59 Å². The number of hydrogen-bond acceptors (Lipinski definition) is 6. The minimum Gasteiger partial charge on any atom is -0.481 e. The number of aliphatic carboxylic acids is 2. The molecule has 108 valence electrons. The fourth-order valence-corrected chi connectivity index (χ4v) is 1.38. The first-order valence-electron chi connectivity index (χ1n) is 6.07. The third kappa shape index (κ3) is 9.54. The molecular weight excluding hydrogens is 264 g/mol. The second-order valence-electron chi connectivity index (χ2n) is 4.13. The Bertz CT molecular complexity index is 396. The van der Waals surface area contributed by atoms with Gasteiger partial charge in [0.15, 0.2) is 0 Å². The van der Waals surface area contributed by atoms with E-state index in [1.807, 2.05) is 12.1 Å². The van der Waals surface area contributed by atoms with Gasteiger partial charge in [0.1, 0.15) is 0 Å². The summed E-state index contributed by atoms with van der Waals surface area (Å²) in [4.78, 5) is 20.9. The van der Waals surface area contributed by atoms with Crippen LogP contribution in [0.15, 0.2) is 10.2 Å². The zero-order valence-corrected chi connectivity index (χ0v) is 10.9. The summed E-state index contributed by atoms with van der Waals surface area (Å²) >= 11 is 0. The van der Waals surface area contributed by atoms with Crippen molar-refractivity contribution in [2.75, 3.05) is 0 Å². The van der Waals surface area contributed by atoms with Crippen LogP contribution in [0.3, 0.4) is 0 Å². The first-order chi connectivity index (χ1) is 9.49. The van der Waals surface area contributed by atoms with Gasteiger partial charge in [-0.05, 0) is 12.8 Å². The maximum atomic E-state index is 10.5. The smallest absolute Gasteiger partial charge is 0.303 e. The highest BCUT2D eigenvalue weighted by atomic mass is 16.4. The van der Waals surface area contributed by atoms with Gasteiger partial charge in [0.2, 0.25) is 0 Å². The van der Waals surface area contributed by atoms with Crippen molar-refractivity contribution in [1.29, 1.82) is 10.5 Å². The summed E-state index contributed by atoms with van der Waals surface area (Å²) in [6.07, 6.45) is 0.200. The summed E-state index contributed by atoms with van der Waals surface area (Å²) in [6.45, 7) is 0. The van der Waals surface area contributed by atoms with E-state index in [1.165, 1.54) is 0 Å². The maximum Gasteiger partial charge on any atom is 0.303 e. The Morgan fingerprint density at radius 1 is 0.900 bits per heavy atom. The molecule has 2 N–H and O–H groups in total. The molecule has 0 amide bonds. The number of hydrogen-bond donors (Lipinski definition) is 2. The molecule has 0 heterocycles. The molecule has 0 aliphatic heterocycles. The van der Waals surface area contributed by atoms with Crippen LogP contribution < -0.4 is 0 Å². The van der Waals surface area contributed by atoms with Crippen LogP contribution >= 0.6 is 0 Å². The largest absolute Gasteiger partial charge is 0.481 e. The zero-order chi connectivity index (χ0) is 15.4. The molecule has 8 nitrogen and oxygen atoms in total. The maximum absolute atomic E-state index is 10.5. The number of carbonyl (C=O) groups is 2. The Kier molecular flexibility index (Phi) is 9.15. The molecule has 0 rings (SSSR count). The average Bonchev–Trinajstić information content (AvgIpc) is 2.38. The van der Waals surface area contributed by atoms with Gasteiger partial charge in [-0.25, -0.2) is 0 Å². The van der Waals surface area contributed by atoms with Crippen LogP contribution in [0.5, 0.6) is 0 Å². The quantitative estimate of drug-likeness (QED) is 0.582. The summed E-state index contributed by atoms with van der Waals surface area (Å²) in [6, 6.07) is 2.70. The molecule has 0 saturated carbocycles. The summed E-state index contributed by atoms with van der Waals surface area (Å²) < 4.78 is 0. The molecule has 0 radical (unpaired) electrons. The second kappa shape index (κ2) is 10.4. The minimum absolute atomic E-state index is 0.0367. The van der Waals surface area contributed by atoms with E-state index in [1.54, 1.807) is 0 Å². The lowest BCUT2D eigenvalue weighted by Gasteiger charge is -2.09. The van der Waals surface area contributed by atoms with Crippen LogP contribution in [-0.2, 0) is 9.59 Å². The Morgan fingerprint density at radius 2 is 1.25 bits per heavy atom. The Morgan fingerprint density at radius 3 is 1.50 bits per heavy atom. The van der Waals surface area contributed by atoms with Crippen molar-refractivity contribution >= 4 is 11.9 Å². The second-order valence-corrected chi connectivity index (χ2v) is 4.13. The van der Waals surface area contributed by atoms with Crippen LogP contribution in [0.25, 0.3) is 0 Å². The van der Waals surface area contributed by atoms with Crippen LogP contribution in [0.2, 0.25) is 0 Å². The van der Waals surface area contributed by atoms with Gasteiger partial charge < -0.3 is 10.2 Å². The summed E-state index contributed by atoms with van der Waals surface area (Å²) in [7, 11) is 0. The van der Waals surface area contributed by atoms with Crippen molar-refractivity contribution in [3.05, 3.63) is 0 Å². The predicted octanol–water partition coefficient (Wildman–Crippen LogP) is 1.73. The molecule has 0 spiro atoms. The molecule has 0 aromatic heterocycles. The average molecular weight is 280 g/mol. The van der Waals surface area contributed by atoms with Crippen molar-refractivity contribution in [1.82, 2.24) is 0 Å². The van der Waals surface area contributed by atoms with Crippen LogP contribution in [-0.4, -0.2) is 34.2 Å². The van der Waals surface area contributed by atoms with Gasteiger partial charge in [-0.2, -0.15) is 20.8 Å². The van der Waals surface area contributed by atoms with E-state index >= 15 is 0 Å². The van der Waals surface area contributed by atoms with Gasteiger partial charge >= 0.3 is 11.9 Å². The van der Waals surface area contributed by atoms with Crippen molar-refractivity contribution in [2.45, 2.75) is 50.6 Å².